The van der Waals surface area contributed by atoms with Crippen LogP contribution >= 0.6 is 11.6 Å². The molecule has 4 N–H and O–H groups in total. The van der Waals surface area contributed by atoms with Crippen molar-refractivity contribution in [1.29, 1.82) is 0 Å². The highest BCUT2D eigenvalue weighted by Crippen LogP contribution is 2.19. The Bertz CT molecular complexity index is 305. The number of carbonyl (C=O) groups excluding carboxylic acids is 1. The number of nitrogens with one attached hydrogen (secondary N) is 2. The van der Waals surface area contributed by atoms with Gasteiger partial charge in [-0.15, -0.1) is 0 Å². The smallest absolute Gasteiger partial charge is 0.208 e. The van der Waals surface area contributed by atoms with Crippen molar-refractivity contribution in [1.82, 2.24) is 10.3 Å². The van der Waals surface area contributed by atoms with Crippen LogP contribution in [0.4, 0.5) is 11.4 Å². The van der Waals surface area contributed by atoms with Gasteiger partial charge in [0.15, 0.2) is 0 Å². The lowest BCUT2D eigenvalue weighted by atomic mass is 10.3. The van der Waals surface area contributed by atoms with Crippen molar-refractivity contribution in [2.75, 3.05) is 17.7 Å². The Kier molecular flexibility index (Phi) is 3.33. The van der Waals surface area contributed by atoms with Gasteiger partial charge in [0.25, 0.3) is 0 Å². The zero-order valence-electron chi connectivity index (χ0n) is 6.75. The van der Waals surface area contributed by atoms with E-state index < -0.39 is 0 Å². The largest absolute Gasteiger partial charge is 0.396 e. The average Bonchev–Trinajstić information content (AvgIpc) is 2.11. The summed E-state index contributed by atoms with van der Waals surface area (Å²) in [4.78, 5) is 13.7. The van der Waals surface area contributed by atoms with Gasteiger partial charge in [0.2, 0.25) is 6.41 Å². The van der Waals surface area contributed by atoms with Gasteiger partial charge in [0.1, 0.15) is 5.15 Å². The molecule has 5 nitrogen and oxygen atoms in total. The second-order valence-electron chi connectivity index (χ2n) is 2.27. The molecule has 0 saturated heterocycles. The third-order valence-corrected chi connectivity index (χ3v) is 1.57. The summed E-state index contributed by atoms with van der Waals surface area (Å²) in [5.74, 6) is 0. The Morgan fingerprint density at radius 2 is 2.46 bits per heavy atom. The molecule has 70 valence electrons. The zero-order valence-corrected chi connectivity index (χ0v) is 7.51. The van der Waals surface area contributed by atoms with Gasteiger partial charge in [-0.1, -0.05) is 11.6 Å². The molecule has 6 heteroatoms. The molecule has 0 aromatic carbocycles. The molecule has 0 spiro atoms. The average molecular weight is 201 g/mol. The third-order valence-electron chi connectivity index (χ3n) is 1.37. The molecule has 1 heterocycles. The summed E-state index contributed by atoms with van der Waals surface area (Å²) in [7, 11) is 0. The topological polar surface area (TPSA) is 80.0 Å². The van der Waals surface area contributed by atoms with Crippen molar-refractivity contribution in [2.24, 2.45) is 0 Å². The normalized spacial score (nSPS) is 9.31. The maximum absolute atomic E-state index is 9.93. The van der Waals surface area contributed by atoms with E-state index in [1.54, 1.807) is 6.07 Å². The van der Waals surface area contributed by atoms with E-state index in [0.717, 1.165) is 0 Å². The highest BCUT2D eigenvalue weighted by Gasteiger charge is 1.98. The fraction of sp³-hybridized carbons (Fsp3) is 0.143. The third kappa shape index (κ3) is 2.79. The van der Waals surface area contributed by atoms with Gasteiger partial charge in [-0.3, -0.25) is 4.79 Å². The van der Waals surface area contributed by atoms with Gasteiger partial charge in [0.05, 0.1) is 24.2 Å². The molecular formula is C7H9ClN4O. The predicted molar refractivity (Wildman–Crippen MR) is 51.3 cm³/mol. The first kappa shape index (κ1) is 9.60. The Labute approximate surface area is 80.3 Å². The summed E-state index contributed by atoms with van der Waals surface area (Å²) in [5.41, 5.74) is 6.70. The zero-order chi connectivity index (χ0) is 9.68. The van der Waals surface area contributed by atoms with Crippen LogP contribution in [0.2, 0.25) is 5.15 Å². The number of halogens is 1. The van der Waals surface area contributed by atoms with Gasteiger partial charge in [-0.25, -0.2) is 4.98 Å². The highest BCUT2D eigenvalue weighted by atomic mass is 35.5. The van der Waals surface area contributed by atoms with Crippen LogP contribution in [-0.2, 0) is 4.79 Å². The van der Waals surface area contributed by atoms with E-state index in [2.05, 4.69) is 15.6 Å². The molecule has 0 radical (unpaired) electrons. The highest BCUT2D eigenvalue weighted by molar-refractivity contribution is 6.29. The second kappa shape index (κ2) is 4.51. The van der Waals surface area contributed by atoms with Gasteiger partial charge in [0, 0.05) is 6.07 Å². The molecule has 0 aliphatic rings. The van der Waals surface area contributed by atoms with Crippen molar-refractivity contribution in [2.45, 2.75) is 0 Å². The maximum atomic E-state index is 9.93. The molecule has 1 aromatic heterocycles. The number of aromatic nitrogens is 1. The molecule has 0 fully saturated rings. The lowest BCUT2D eigenvalue weighted by molar-refractivity contribution is -0.109. The van der Waals surface area contributed by atoms with Crippen LogP contribution < -0.4 is 16.4 Å². The van der Waals surface area contributed by atoms with E-state index in [1.807, 2.05) is 0 Å². The number of rotatable bonds is 4. The molecular weight excluding hydrogens is 192 g/mol. The second-order valence-corrected chi connectivity index (χ2v) is 2.66. The molecule has 0 aliphatic heterocycles. The minimum absolute atomic E-state index is 0.300. The van der Waals surface area contributed by atoms with E-state index in [-0.39, 0.29) is 0 Å². The van der Waals surface area contributed by atoms with E-state index in [4.69, 9.17) is 17.3 Å². The number of hydrogen-bond acceptors (Lipinski definition) is 4. The fourth-order valence-corrected chi connectivity index (χ4v) is 0.939. The number of carbonyl (C=O) groups is 1. The lowest BCUT2D eigenvalue weighted by Gasteiger charge is -2.07. The summed E-state index contributed by atoms with van der Waals surface area (Å²) in [6.07, 6.45) is 2.04. The summed E-state index contributed by atoms with van der Waals surface area (Å²) in [5, 5.41) is 5.65. The standard InChI is InChI=1S/C7H9ClN4O/c8-7-1-6(5(9)2-11-7)12-3-10-4-13/h1-2,4H,3,9H2,(H,10,13)(H,11,12). The Balaban J connectivity index is 2.64. The molecule has 0 aliphatic carbocycles. The number of anilines is 2. The number of amides is 1. The molecule has 1 amide bonds. The molecule has 13 heavy (non-hydrogen) atoms. The quantitative estimate of drug-likeness (QED) is 0.285. The molecule has 0 bridgehead atoms. The van der Waals surface area contributed by atoms with Crippen molar-refractivity contribution in [3.63, 3.8) is 0 Å². The van der Waals surface area contributed by atoms with Crippen molar-refractivity contribution >= 4 is 29.4 Å². The van der Waals surface area contributed by atoms with E-state index >= 15 is 0 Å². The van der Waals surface area contributed by atoms with E-state index in [1.165, 1.54) is 6.20 Å². The number of hydrogen-bond donors (Lipinski definition) is 3. The lowest BCUT2D eigenvalue weighted by Crippen LogP contribution is -2.20. The van der Waals surface area contributed by atoms with Crippen molar-refractivity contribution in [3.05, 3.63) is 17.4 Å². The summed E-state index contributed by atoms with van der Waals surface area (Å²) in [6, 6.07) is 1.59. The monoisotopic (exact) mass is 200 g/mol. The van der Waals surface area contributed by atoms with Crippen molar-refractivity contribution < 1.29 is 4.79 Å². The maximum Gasteiger partial charge on any atom is 0.208 e. The fourth-order valence-electron chi connectivity index (χ4n) is 0.781. The van der Waals surface area contributed by atoms with E-state index in [9.17, 15) is 4.79 Å². The van der Waals surface area contributed by atoms with Gasteiger partial charge < -0.3 is 16.4 Å². The first-order valence-electron chi connectivity index (χ1n) is 3.56. The number of nitrogens with two attached hydrogens (primary N) is 1. The Morgan fingerprint density at radius 3 is 3.15 bits per heavy atom. The molecule has 0 atom stereocenters. The van der Waals surface area contributed by atoms with Crippen LogP contribution in [0, 0.1) is 0 Å². The first-order valence-corrected chi connectivity index (χ1v) is 3.93. The number of nitrogens with zero attached hydrogens (tertiary/aromatic N) is 1. The molecule has 1 rings (SSSR count). The summed E-state index contributed by atoms with van der Waals surface area (Å²) in [6.45, 7) is 0.300. The Morgan fingerprint density at radius 1 is 1.69 bits per heavy atom. The van der Waals surface area contributed by atoms with Gasteiger partial charge in [-0.05, 0) is 0 Å². The summed E-state index contributed by atoms with van der Waals surface area (Å²) >= 11 is 5.63. The van der Waals surface area contributed by atoms with Crippen LogP contribution in [0.5, 0.6) is 0 Å². The first-order chi connectivity index (χ1) is 6.24. The summed E-state index contributed by atoms with van der Waals surface area (Å²) < 4.78 is 0. The van der Waals surface area contributed by atoms with Gasteiger partial charge in [-0.2, -0.15) is 0 Å². The minimum Gasteiger partial charge on any atom is -0.396 e. The molecule has 1 aromatic rings. The van der Waals surface area contributed by atoms with Crippen LogP contribution in [0.15, 0.2) is 12.3 Å². The predicted octanol–water partition coefficient (Wildman–Crippen LogP) is 0.433. The SMILES string of the molecule is Nc1cnc(Cl)cc1NCNC=O. The van der Waals surface area contributed by atoms with Crippen LogP contribution in [0.25, 0.3) is 0 Å². The van der Waals surface area contributed by atoms with Crippen molar-refractivity contribution in [3.8, 4) is 0 Å². The minimum atomic E-state index is 0.300. The number of pyridine rings is 1. The van der Waals surface area contributed by atoms with Crippen LogP contribution in [0.3, 0.4) is 0 Å². The van der Waals surface area contributed by atoms with Gasteiger partial charge >= 0.3 is 0 Å². The van der Waals surface area contributed by atoms with Crippen LogP contribution in [0.1, 0.15) is 0 Å². The Hall–Kier alpha value is -1.49. The number of nitrogen functional groups attached to an aromatic ring is 1. The molecule has 0 unspecified atom stereocenters. The van der Waals surface area contributed by atoms with Crippen LogP contribution in [-0.4, -0.2) is 18.1 Å². The van der Waals surface area contributed by atoms with E-state index in [0.29, 0.717) is 29.6 Å². The molecule has 0 saturated carbocycles.